The van der Waals surface area contributed by atoms with Crippen LogP contribution in [0.5, 0.6) is 0 Å². The highest BCUT2D eigenvalue weighted by molar-refractivity contribution is 5.86. The molecule has 2 aromatic carbocycles. The molecule has 1 aliphatic heterocycles. The molecule has 1 saturated heterocycles. The molecule has 0 atom stereocenters. The van der Waals surface area contributed by atoms with Crippen LogP contribution in [-0.2, 0) is 24.3 Å². The minimum atomic E-state index is 0.0174. The molecule has 0 unspecified atom stereocenters. The summed E-state index contributed by atoms with van der Waals surface area (Å²) in [5.74, 6) is 0.677. The Kier molecular flexibility index (Phi) is 8.91. The average molecular weight is 422 g/mol. The molecule has 1 fully saturated rings. The predicted octanol–water partition coefficient (Wildman–Crippen LogP) is 2.65. The molecular formula is C25H35N5O. The first-order valence-electron chi connectivity index (χ1n) is 11.2. The molecule has 6 heteroatoms. The zero-order valence-electron chi connectivity index (χ0n) is 18.8. The Morgan fingerprint density at radius 1 is 0.935 bits per heavy atom. The maximum absolute atomic E-state index is 12.0. The van der Waals surface area contributed by atoms with Gasteiger partial charge in [0, 0.05) is 27.2 Å². The van der Waals surface area contributed by atoms with Crippen molar-refractivity contribution in [3.63, 3.8) is 0 Å². The maximum Gasteiger partial charge on any atom is 0.241 e. The molecule has 0 spiro atoms. The van der Waals surface area contributed by atoms with Crippen LogP contribution in [-0.4, -0.2) is 61.9 Å². The molecule has 31 heavy (non-hydrogen) atoms. The van der Waals surface area contributed by atoms with E-state index in [-0.39, 0.29) is 12.5 Å². The predicted molar refractivity (Wildman–Crippen MR) is 127 cm³/mol. The molecule has 3 rings (SSSR count). The van der Waals surface area contributed by atoms with Gasteiger partial charge < -0.3 is 15.5 Å². The Labute approximate surface area is 186 Å². The highest BCUT2D eigenvalue weighted by Gasteiger charge is 2.11. The number of nitrogens with one attached hydrogen (secondary N) is 2. The summed E-state index contributed by atoms with van der Waals surface area (Å²) in [4.78, 5) is 20.8. The van der Waals surface area contributed by atoms with Crippen LogP contribution in [0.1, 0.15) is 29.5 Å². The topological polar surface area (TPSA) is 60.0 Å². The number of likely N-dealkylation sites (N-methyl/N-ethyl adjacent to an activating group) is 1. The van der Waals surface area contributed by atoms with Gasteiger partial charge in [-0.1, -0.05) is 54.6 Å². The number of rotatable bonds is 9. The molecular weight excluding hydrogens is 386 g/mol. The van der Waals surface area contributed by atoms with Gasteiger partial charge in [-0.05, 0) is 49.0 Å². The number of benzene rings is 2. The number of aliphatic imine (C=N–C) groups is 1. The molecule has 166 valence electrons. The van der Waals surface area contributed by atoms with E-state index in [9.17, 15) is 4.79 Å². The van der Waals surface area contributed by atoms with Crippen molar-refractivity contribution in [2.24, 2.45) is 4.99 Å². The number of carbonyl (C=O) groups excluding carboxylic acids is 1. The summed E-state index contributed by atoms with van der Waals surface area (Å²) < 4.78 is 0. The molecule has 0 saturated carbocycles. The highest BCUT2D eigenvalue weighted by Crippen LogP contribution is 2.13. The first-order valence-corrected chi connectivity index (χ1v) is 11.2. The summed E-state index contributed by atoms with van der Waals surface area (Å²) in [6.45, 7) is 4.99. The molecule has 1 aliphatic rings. The van der Waals surface area contributed by atoms with Crippen molar-refractivity contribution in [1.82, 2.24) is 20.4 Å². The third kappa shape index (κ3) is 8.06. The lowest BCUT2D eigenvalue weighted by molar-refractivity contribution is -0.127. The van der Waals surface area contributed by atoms with E-state index in [1.807, 2.05) is 18.2 Å². The van der Waals surface area contributed by atoms with Crippen molar-refractivity contribution in [2.45, 2.75) is 32.4 Å². The molecule has 0 radical (unpaired) electrons. The quantitative estimate of drug-likeness (QED) is 0.483. The van der Waals surface area contributed by atoms with Gasteiger partial charge in [-0.2, -0.15) is 0 Å². The van der Waals surface area contributed by atoms with Gasteiger partial charge in [-0.25, -0.2) is 4.99 Å². The van der Waals surface area contributed by atoms with E-state index in [1.54, 1.807) is 19.0 Å². The van der Waals surface area contributed by atoms with Crippen LogP contribution in [0.2, 0.25) is 0 Å². The molecule has 0 aliphatic carbocycles. The fourth-order valence-corrected chi connectivity index (χ4v) is 3.58. The Balaban J connectivity index is 1.55. The number of guanidine groups is 1. The van der Waals surface area contributed by atoms with Gasteiger partial charge in [0.1, 0.15) is 0 Å². The van der Waals surface area contributed by atoms with Crippen molar-refractivity contribution in [3.05, 3.63) is 71.3 Å². The normalized spacial score (nSPS) is 14.5. The van der Waals surface area contributed by atoms with Gasteiger partial charge in [-0.3, -0.25) is 9.69 Å². The third-order valence-corrected chi connectivity index (χ3v) is 5.50. The lowest BCUT2D eigenvalue weighted by atomic mass is 10.1. The van der Waals surface area contributed by atoms with E-state index in [0.717, 1.165) is 25.1 Å². The Hall–Kier alpha value is -2.86. The second-order valence-corrected chi connectivity index (χ2v) is 8.27. The zero-order valence-corrected chi connectivity index (χ0v) is 18.8. The summed E-state index contributed by atoms with van der Waals surface area (Å²) in [6.07, 6.45) is 3.53. The van der Waals surface area contributed by atoms with Crippen LogP contribution in [0.25, 0.3) is 0 Å². The first kappa shape index (κ1) is 22.8. The molecule has 1 heterocycles. The molecule has 2 aromatic rings. The van der Waals surface area contributed by atoms with E-state index < -0.39 is 0 Å². The first-order chi connectivity index (χ1) is 15.1. The van der Waals surface area contributed by atoms with Crippen molar-refractivity contribution in [3.8, 4) is 0 Å². The van der Waals surface area contributed by atoms with Crippen LogP contribution in [0.4, 0.5) is 0 Å². The van der Waals surface area contributed by atoms with E-state index >= 15 is 0 Å². The summed E-state index contributed by atoms with van der Waals surface area (Å²) >= 11 is 0. The Morgan fingerprint density at radius 3 is 2.29 bits per heavy atom. The van der Waals surface area contributed by atoms with Crippen LogP contribution in [0.15, 0.2) is 59.6 Å². The van der Waals surface area contributed by atoms with Crippen molar-refractivity contribution < 1.29 is 4.79 Å². The van der Waals surface area contributed by atoms with Crippen LogP contribution >= 0.6 is 0 Å². The van der Waals surface area contributed by atoms with E-state index in [2.05, 4.69) is 51.9 Å². The fraction of sp³-hybridized carbons (Fsp3) is 0.440. The number of nitrogens with zero attached hydrogens (tertiary/aromatic N) is 3. The van der Waals surface area contributed by atoms with Gasteiger partial charge >= 0.3 is 0 Å². The minimum Gasteiger partial charge on any atom is -0.356 e. The fourth-order valence-electron chi connectivity index (χ4n) is 3.58. The third-order valence-electron chi connectivity index (χ3n) is 5.50. The summed E-state index contributed by atoms with van der Waals surface area (Å²) in [5.41, 5.74) is 3.78. The van der Waals surface area contributed by atoms with Crippen molar-refractivity contribution in [1.29, 1.82) is 0 Å². The number of amides is 1. The smallest absolute Gasteiger partial charge is 0.241 e. The van der Waals surface area contributed by atoms with Gasteiger partial charge in [0.05, 0.1) is 13.1 Å². The molecule has 1 amide bonds. The van der Waals surface area contributed by atoms with Crippen LogP contribution in [0.3, 0.4) is 0 Å². The monoisotopic (exact) mass is 421 g/mol. The molecule has 0 bridgehead atoms. The number of hydrogen-bond donors (Lipinski definition) is 2. The Morgan fingerprint density at radius 2 is 1.61 bits per heavy atom. The second kappa shape index (κ2) is 12.1. The maximum atomic E-state index is 12.0. The standard InChI is InChI=1S/C25H35N5O/c1-29(2)24(31)19-28-25(26-15-14-21-8-4-3-5-9-21)27-18-22-10-12-23(13-11-22)20-30-16-6-7-17-30/h3-5,8-13H,6-7,14-20H2,1-2H3,(H2,26,27,28). The summed E-state index contributed by atoms with van der Waals surface area (Å²) in [5, 5.41) is 6.51. The molecule has 2 N–H and O–H groups in total. The SMILES string of the molecule is CN(C)C(=O)CNC(=NCc1ccc(CN2CCCC2)cc1)NCCc1ccccc1. The lowest BCUT2D eigenvalue weighted by Gasteiger charge is -2.15. The minimum absolute atomic E-state index is 0.0174. The van der Waals surface area contributed by atoms with Crippen molar-refractivity contribution >= 4 is 11.9 Å². The van der Waals surface area contributed by atoms with Gasteiger partial charge in [0.15, 0.2) is 5.96 Å². The zero-order chi connectivity index (χ0) is 21.9. The molecule has 0 aromatic heterocycles. The van der Waals surface area contributed by atoms with E-state index in [1.165, 1.54) is 37.1 Å². The number of likely N-dealkylation sites (tertiary alicyclic amines) is 1. The number of carbonyl (C=O) groups is 1. The highest BCUT2D eigenvalue weighted by atomic mass is 16.2. The van der Waals surface area contributed by atoms with Gasteiger partial charge in [0.2, 0.25) is 5.91 Å². The Bertz CT molecular complexity index is 827. The summed E-state index contributed by atoms with van der Waals surface area (Å²) in [6, 6.07) is 19.1. The number of hydrogen-bond acceptors (Lipinski definition) is 3. The van der Waals surface area contributed by atoms with E-state index in [4.69, 9.17) is 4.99 Å². The van der Waals surface area contributed by atoms with Crippen molar-refractivity contribution in [2.75, 3.05) is 40.3 Å². The van der Waals surface area contributed by atoms with Crippen LogP contribution in [0, 0.1) is 0 Å². The van der Waals surface area contributed by atoms with Crippen LogP contribution < -0.4 is 10.6 Å². The summed E-state index contributed by atoms with van der Waals surface area (Å²) in [7, 11) is 3.51. The average Bonchev–Trinajstić information content (AvgIpc) is 3.29. The largest absolute Gasteiger partial charge is 0.356 e. The second-order valence-electron chi connectivity index (χ2n) is 8.27. The molecule has 6 nitrogen and oxygen atoms in total. The van der Waals surface area contributed by atoms with Gasteiger partial charge in [0.25, 0.3) is 0 Å². The van der Waals surface area contributed by atoms with Gasteiger partial charge in [-0.15, -0.1) is 0 Å². The lowest BCUT2D eigenvalue weighted by Crippen LogP contribution is -2.43. The van der Waals surface area contributed by atoms with E-state index in [0.29, 0.717) is 12.5 Å².